The van der Waals surface area contributed by atoms with E-state index in [1.807, 2.05) is 26.0 Å². The Kier molecular flexibility index (Phi) is 6.48. The van der Waals surface area contributed by atoms with E-state index >= 15 is 0 Å². The van der Waals surface area contributed by atoms with E-state index < -0.39 is 17.5 Å². The first-order valence-electron chi connectivity index (χ1n) is 11.2. The SMILES string of the molecule is Cc1nn2c(C(C)C)c(C(N)=O)ccc2c1-c1c(F)cccc1F.OC1Cc2ccccc2C1. The van der Waals surface area contributed by atoms with E-state index in [9.17, 15) is 18.7 Å². The minimum absolute atomic E-state index is 0.0474. The molecule has 2 aromatic heterocycles. The molecule has 5 rings (SSSR count). The van der Waals surface area contributed by atoms with E-state index in [0.717, 1.165) is 12.8 Å². The zero-order valence-electron chi connectivity index (χ0n) is 19.3. The number of hydrogen-bond acceptors (Lipinski definition) is 3. The number of aliphatic hydroxyl groups excluding tert-OH is 1. The van der Waals surface area contributed by atoms with Gasteiger partial charge in [-0.2, -0.15) is 5.10 Å². The second-order valence-corrected chi connectivity index (χ2v) is 8.84. The van der Waals surface area contributed by atoms with Gasteiger partial charge in [-0.15, -0.1) is 0 Å². The summed E-state index contributed by atoms with van der Waals surface area (Å²) in [5.41, 5.74) is 10.3. The molecular weight excluding hydrogens is 436 g/mol. The second kappa shape index (κ2) is 9.35. The van der Waals surface area contributed by atoms with Gasteiger partial charge >= 0.3 is 0 Å². The molecule has 1 aliphatic carbocycles. The van der Waals surface area contributed by atoms with Gasteiger partial charge in [0.1, 0.15) is 11.6 Å². The zero-order valence-corrected chi connectivity index (χ0v) is 19.3. The van der Waals surface area contributed by atoms with Crippen LogP contribution in [0.2, 0.25) is 0 Å². The van der Waals surface area contributed by atoms with Gasteiger partial charge in [-0.3, -0.25) is 4.79 Å². The minimum atomic E-state index is -0.655. The standard InChI is InChI=1S/C18H17F2N3O.C9H10O/c1-9(2)17-11(18(21)24)7-8-14-15(10(3)22-23(14)17)16-12(19)5-4-6-13(16)20;10-9-5-7-3-1-2-4-8(7)6-9/h4-9H,1-3H3,(H2,21,24);1-4,9-10H,5-6H2. The van der Waals surface area contributed by atoms with Gasteiger partial charge in [0.2, 0.25) is 0 Å². The highest BCUT2D eigenvalue weighted by atomic mass is 19.1. The molecule has 5 nitrogen and oxygen atoms in total. The van der Waals surface area contributed by atoms with Crippen molar-refractivity contribution in [2.45, 2.75) is 45.6 Å². The van der Waals surface area contributed by atoms with Crippen molar-refractivity contribution in [1.29, 1.82) is 0 Å². The molecule has 0 saturated heterocycles. The summed E-state index contributed by atoms with van der Waals surface area (Å²) in [6.07, 6.45) is 1.56. The summed E-state index contributed by atoms with van der Waals surface area (Å²) < 4.78 is 30.0. The molecule has 0 fully saturated rings. The first-order valence-corrected chi connectivity index (χ1v) is 11.2. The fraction of sp³-hybridized carbons (Fsp3) is 0.259. The summed E-state index contributed by atoms with van der Waals surface area (Å²) in [7, 11) is 0. The van der Waals surface area contributed by atoms with Crippen LogP contribution in [0.15, 0.2) is 54.6 Å². The first-order chi connectivity index (χ1) is 16.2. The highest BCUT2D eigenvalue weighted by Gasteiger charge is 2.23. The van der Waals surface area contributed by atoms with Crippen LogP contribution in [-0.2, 0) is 12.8 Å². The number of benzene rings is 2. The number of halogens is 2. The van der Waals surface area contributed by atoms with Crippen molar-refractivity contribution < 1.29 is 18.7 Å². The highest BCUT2D eigenvalue weighted by Crippen LogP contribution is 2.34. The predicted octanol–water partition coefficient (Wildman–Crippen LogP) is 4.96. The molecule has 7 heteroatoms. The molecule has 176 valence electrons. The maximum absolute atomic E-state index is 14.2. The average Bonchev–Trinajstić information content (AvgIpc) is 3.31. The van der Waals surface area contributed by atoms with Gasteiger partial charge in [-0.25, -0.2) is 13.3 Å². The van der Waals surface area contributed by atoms with Crippen molar-refractivity contribution in [3.63, 3.8) is 0 Å². The van der Waals surface area contributed by atoms with Crippen molar-refractivity contribution >= 4 is 11.4 Å². The van der Waals surface area contributed by atoms with Crippen molar-refractivity contribution in [3.8, 4) is 11.1 Å². The molecule has 0 aliphatic heterocycles. The summed E-state index contributed by atoms with van der Waals surface area (Å²) in [4.78, 5) is 11.7. The summed E-state index contributed by atoms with van der Waals surface area (Å²) in [5.74, 6) is -1.92. The number of nitrogens with zero attached hydrogens (tertiary/aromatic N) is 2. The fourth-order valence-corrected chi connectivity index (χ4v) is 4.59. The molecule has 3 N–H and O–H groups in total. The minimum Gasteiger partial charge on any atom is -0.392 e. The van der Waals surface area contributed by atoms with E-state index in [0.29, 0.717) is 28.0 Å². The Bertz CT molecular complexity index is 1330. The maximum atomic E-state index is 14.2. The molecule has 1 amide bonds. The third kappa shape index (κ3) is 4.31. The van der Waals surface area contributed by atoms with Crippen molar-refractivity contribution in [3.05, 3.63) is 94.3 Å². The van der Waals surface area contributed by atoms with Crippen LogP contribution >= 0.6 is 0 Å². The quantitative estimate of drug-likeness (QED) is 0.451. The largest absolute Gasteiger partial charge is 0.392 e. The maximum Gasteiger partial charge on any atom is 0.250 e. The van der Waals surface area contributed by atoms with Gasteiger partial charge in [-0.05, 0) is 61.1 Å². The van der Waals surface area contributed by atoms with Crippen LogP contribution in [0.1, 0.15) is 52.6 Å². The van der Waals surface area contributed by atoms with Gasteiger partial charge < -0.3 is 10.8 Å². The van der Waals surface area contributed by atoms with Crippen LogP contribution in [0.5, 0.6) is 0 Å². The Labute approximate surface area is 196 Å². The molecule has 0 unspecified atom stereocenters. The fourth-order valence-electron chi connectivity index (χ4n) is 4.59. The van der Waals surface area contributed by atoms with Crippen molar-refractivity contribution in [2.75, 3.05) is 0 Å². The van der Waals surface area contributed by atoms with Gasteiger partial charge in [-0.1, -0.05) is 44.2 Å². The molecule has 34 heavy (non-hydrogen) atoms. The lowest BCUT2D eigenvalue weighted by Crippen LogP contribution is -2.17. The van der Waals surface area contributed by atoms with Gasteiger partial charge in [0.05, 0.1) is 34.1 Å². The van der Waals surface area contributed by atoms with Gasteiger partial charge in [0.25, 0.3) is 5.91 Å². The highest BCUT2D eigenvalue weighted by molar-refractivity contribution is 5.95. The van der Waals surface area contributed by atoms with E-state index in [1.54, 1.807) is 23.6 Å². The number of rotatable bonds is 3. The molecule has 0 atom stereocenters. The smallest absolute Gasteiger partial charge is 0.250 e. The van der Waals surface area contributed by atoms with Crippen LogP contribution in [0.4, 0.5) is 8.78 Å². The molecule has 0 radical (unpaired) electrons. The molecule has 0 spiro atoms. The number of hydrogen-bond donors (Lipinski definition) is 2. The van der Waals surface area contributed by atoms with Gasteiger partial charge in [0, 0.05) is 5.56 Å². The molecule has 2 heterocycles. The second-order valence-electron chi connectivity index (χ2n) is 8.84. The Balaban J connectivity index is 0.000000226. The van der Waals surface area contributed by atoms with Crippen LogP contribution in [0, 0.1) is 18.6 Å². The summed E-state index contributed by atoms with van der Waals surface area (Å²) in [5, 5.41) is 13.7. The number of pyridine rings is 1. The number of carbonyl (C=O) groups excluding carboxylic acids is 1. The number of amides is 1. The Hall–Kier alpha value is -3.58. The third-order valence-corrected chi connectivity index (χ3v) is 6.06. The van der Waals surface area contributed by atoms with E-state index in [-0.39, 0.29) is 17.6 Å². The van der Waals surface area contributed by atoms with Gasteiger partial charge in [0.15, 0.2) is 0 Å². The Morgan fingerprint density at radius 3 is 2.12 bits per heavy atom. The third-order valence-electron chi connectivity index (χ3n) is 6.06. The summed E-state index contributed by atoms with van der Waals surface area (Å²) >= 11 is 0. The number of carbonyl (C=O) groups is 1. The van der Waals surface area contributed by atoms with E-state index in [1.165, 1.54) is 29.3 Å². The number of primary amides is 1. The van der Waals surface area contributed by atoms with E-state index in [2.05, 4.69) is 17.2 Å². The normalized spacial score (nSPS) is 13.1. The summed E-state index contributed by atoms with van der Waals surface area (Å²) in [6.45, 7) is 5.49. The predicted molar refractivity (Wildman–Crippen MR) is 128 cm³/mol. The van der Waals surface area contributed by atoms with Crippen molar-refractivity contribution in [1.82, 2.24) is 9.61 Å². The molecule has 2 aromatic carbocycles. The van der Waals surface area contributed by atoms with Crippen LogP contribution < -0.4 is 5.73 Å². The van der Waals surface area contributed by atoms with Crippen LogP contribution in [-0.4, -0.2) is 26.7 Å². The zero-order chi connectivity index (χ0) is 24.6. The Morgan fingerprint density at radius 2 is 1.59 bits per heavy atom. The van der Waals surface area contributed by atoms with E-state index in [4.69, 9.17) is 5.73 Å². The number of aliphatic hydroxyl groups is 1. The molecule has 4 aromatic rings. The average molecular weight is 464 g/mol. The lowest BCUT2D eigenvalue weighted by atomic mass is 10.00. The van der Waals surface area contributed by atoms with Crippen LogP contribution in [0.3, 0.4) is 0 Å². The van der Waals surface area contributed by atoms with Crippen molar-refractivity contribution in [2.24, 2.45) is 5.73 Å². The molecular formula is C27H27F2N3O2. The molecule has 1 aliphatic rings. The number of aryl methyl sites for hydroxylation is 1. The number of fused-ring (bicyclic) bond motifs is 2. The monoisotopic (exact) mass is 463 g/mol. The summed E-state index contributed by atoms with van der Waals surface area (Å²) in [6, 6.07) is 15.2. The topological polar surface area (TPSA) is 80.6 Å². The number of aromatic nitrogens is 2. The lowest BCUT2D eigenvalue weighted by Gasteiger charge is -2.13. The van der Waals surface area contributed by atoms with Crippen LogP contribution in [0.25, 0.3) is 16.6 Å². The lowest BCUT2D eigenvalue weighted by molar-refractivity contribution is 0.0998. The number of nitrogens with two attached hydrogens (primary N) is 1. The first kappa shape index (κ1) is 23.6. The molecule has 0 bridgehead atoms. The molecule has 0 saturated carbocycles. The Morgan fingerprint density at radius 1 is 1.00 bits per heavy atom.